The summed E-state index contributed by atoms with van der Waals surface area (Å²) in [6.45, 7) is 1.96. The fourth-order valence-corrected chi connectivity index (χ4v) is 3.11. The van der Waals surface area contributed by atoms with Gasteiger partial charge < -0.3 is 9.73 Å². The third-order valence-corrected chi connectivity index (χ3v) is 4.51. The van der Waals surface area contributed by atoms with Crippen molar-refractivity contribution in [3.05, 3.63) is 100 Å². The summed E-state index contributed by atoms with van der Waals surface area (Å²) in [7, 11) is 0. The molecule has 0 aliphatic rings. The van der Waals surface area contributed by atoms with Crippen molar-refractivity contribution in [1.82, 2.24) is 0 Å². The average Bonchev–Trinajstić information content (AvgIpc) is 2.70. The summed E-state index contributed by atoms with van der Waals surface area (Å²) in [6.07, 6.45) is 0. The monoisotopic (exact) mass is 373 g/mol. The number of halogens is 1. The fourth-order valence-electron chi connectivity index (χ4n) is 3.11. The van der Waals surface area contributed by atoms with Crippen LogP contribution in [0.25, 0.3) is 21.9 Å². The lowest BCUT2D eigenvalue weighted by molar-refractivity contribution is 0.0993. The van der Waals surface area contributed by atoms with Gasteiger partial charge in [-0.2, -0.15) is 0 Å². The number of anilines is 1. The van der Waals surface area contributed by atoms with Gasteiger partial charge in [0.25, 0.3) is 5.91 Å². The van der Waals surface area contributed by atoms with Gasteiger partial charge in [-0.05, 0) is 30.7 Å². The molecule has 4 nitrogen and oxygen atoms in total. The van der Waals surface area contributed by atoms with Gasteiger partial charge >= 0.3 is 5.63 Å². The molecule has 0 unspecified atom stereocenters. The Bertz CT molecular complexity index is 1240. The molecule has 138 valence electrons. The zero-order chi connectivity index (χ0) is 19.7. The van der Waals surface area contributed by atoms with Gasteiger partial charge in [-0.25, -0.2) is 9.18 Å². The maximum Gasteiger partial charge on any atom is 0.344 e. The molecule has 0 aliphatic carbocycles. The lowest BCUT2D eigenvalue weighted by Crippen LogP contribution is -2.17. The number of carbonyl (C=O) groups is 1. The molecular formula is C23H16FNO3. The topological polar surface area (TPSA) is 59.3 Å². The van der Waals surface area contributed by atoms with Crippen molar-refractivity contribution >= 4 is 22.4 Å². The lowest BCUT2D eigenvalue weighted by Gasteiger charge is -2.12. The van der Waals surface area contributed by atoms with Crippen LogP contribution >= 0.6 is 0 Å². The molecule has 0 fully saturated rings. The highest BCUT2D eigenvalue weighted by atomic mass is 19.1. The summed E-state index contributed by atoms with van der Waals surface area (Å²) in [5.41, 5.74) is 1.67. The van der Waals surface area contributed by atoms with E-state index in [2.05, 4.69) is 5.32 Å². The molecule has 3 aromatic carbocycles. The number of rotatable bonds is 3. The molecule has 0 spiro atoms. The Balaban J connectivity index is 1.93. The first-order chi connectivity index (χ1) is 13.5. The molecule has 4 rings (SSSR count). The van der Waals surface area contributed by atoms with Crippen LogP contribution in [0.2, 0.25) is 0 Å². The maximum atomic E-state index is 14.0. The van der Waals surface area contributed by atoms with E-state index in [-0.39, 0.29) is 11.4 Å². The number of benzene rings is 3. The third-order valence-electron chi connectivity index (χ3n) is 4.51. The summed E-state index contributed by atoms with van der Waals surface area (Å²) < 4.78 is 19.3. The molecule has 0 radical (unpaired) electrons. The van der Waals surface area contributed by atoms with Crippen LogP contribution in [0.4, 0.5) is 10.1 Å². The Morgan fingerprint density at radius 2 is 1.54 bits per heavy atom. The molecule has 0 atom stereocenters. The Morgan fingerprint density at radius 1 is 0.893 bits per heavy atom. The lowest BCUT2D eigenvalue weighted by atomic mass is 9.97. The normalized spacial score (nSPS) is 10.8. The van der Waals surface area contributed by atoms with Crippen LogP contribution < -0.4 is 10.9 Å². The minimum absolute atomic E-state index is 0.0122. The standard InChI is InChI=1S/C23H16FNO3/c1-14-10-12-15(13-11-14)20-16-6-2-3-7-17(16)23(27)28-21(20)22(26)25-19-9-5-4-8-18(19)24/h2-13H,1H3,(H,25,26). The minimum atomic E-state index is -0.691. The van der Waals surface area contributed by atoms with E-state index < -0.39 is 17.3 Å². The number of amides is 1. The van der Waals surface area contributed by atoms with E-state index in [9.17, 15) is 14.0 Å². The van der Waals surface area contributed by atoms with E-state index in [1.54, 1.807) is 30.3 Å². The van der Waals surface area contributed by atoms with Crippen molar-refractivity contribution in [2.24, 2.45) is 0 Å². The highest BCUT2D eigenvalue weighted by Crippen LogP contribution is 2.31. The predicted octanol–water partition coefficient (Wildman–Crippen LogP) is 5.16. The maximum absolute atomic E-state index is 14.0. The molecule has 1 aromatic heterocycles. The zero-order valence-corrected chi connectivity index (χ0v) is 15.0. The van der Waals surface area contributed by atoms with Gasteiger partial charge in [0.2, 0.25) is 5.76 Å². The second-order valence-corrected chi connectivity index (χ2v) is 6.44. The third kappa shape index (κ3) is 3.18. The second-order valence-electron chi connectivity index (χ2n) is 6.44. The molecule has 0 saturated carbocycles. The number of carbonyl (C=O) groups excluding carboxylic acids is 1. The number of hydrogen-bond donors (Lipinski definition) is 1. The van der Waals surface area contributed by atoms with Gasteiger partial charge in [-0.15, -0.1) is 0 Å². The molecule has 1 amide bonds. The van der Waals surface area contributed by atoms with E-state index in [0.717, 1.165) is 11.1 Å². The number of hydrogen-bond acceptors (Lipinski definition) is 3. The summed E-state index contributed by atoms with van der Waals surface area (Å²) >= 11 is 0. The molecule has 0 saturated heterocycles. The SMILES string of the molecule is Cc1ccc(-c2c(C(=O)Nc3ccccc3F)oc(=O)c3ccccc23)cc1. The van der Waals surface area contributed by atoms with E-state index in [1.165, 1.54) is 18.2 Å². The molecular weight excluding hydrogens is 357 g/mol. The molecule has 0 bridgehead atoms. The Kier molecular flexibility index (Phi) is 4.49. The number of fused-ring (bicyclic) bond motifs is 1. The molecule has 28 heavy (non-hydrogen) atoms. The van der Waals surface area contributed by atoms with Crippen LogP contribution in [-0.4, -0.2) is 5.91 Å². The molecule has 0 aliphatic heterocycles. The van der Waals surface area contributed by atoms with Crippen LogP contribution in [0.1, 0.15) is 16.1 Å². The first-order valence-corrected chi connectivity index (χ1v) is 8.73. The quantitative estimate of drug-likeness (QED) is 0.540. The highest BCUT2D eigenvalue weighted by Gasteiger charge is 2.22. The van der Waals surface area contributed by atoms with Gasteiger partial charge in [0.1, 0.15) is 5.82 Å². The first-order valence-electron chi connectivity index (χ1n) is 8.73. The van der Waals surface area contributed by atoms with Gasteiger partial charge in [0.15, 0.2) is 0 Å². The Labute approximate surface area is 160 Å². The smallest absolute Gasteiger partial charge is 0.344 e. The number of aryl methyl sites for hydroxylation is 1. The molecule has 1 N–H and O–H groups in total. The number of nitrogens with one attached hydrogen (secondary N) is 1. The molecule has 1 heterocycles. The fraction of sp³-hybridized carbons (Fsp3) is 0.0435. The van der Waals surface area contributed by atoms with Crippen LogP contribution in [-0.2, 0) is 0 Å². The van der Waals surface area contributed by atoms with Crippen molar-refractivity contribution in [3.63, 3.8) is 0 Å². The highest BCUT2D eigenvalue weighted by molar-refractivity contribution is 6.11. The van der Waals surface area contributed by atoms with Crippen molar-refractivity contribution in [2.75, 3.05) is 5.32 Å². The summed E-state index contributed by atoms with van der Waals surface area (Å²) in [4.78, 5) is 25.4. The van der Waals surface area contributed by atoms with Crippen LogP contribution in [0, 0.1) is 12.7 Å². The van der Waals surface area contributed by atoms with Crippen molar-refractivity contribution < 1.29 is 13.6 Å². The Morgan fingerprint density at radius 3 is 2.25 bits per heavy atom. The van der Waals surface area contributed by atoms with Gasteiger partial charge in [-0.3, -0.25) is 4.79 Å². The zero-order valence-electron chi connectivity index (χ0n) is 15.0. The van der Waals surface area contributed by atoms with Gasteiger partial charge in [0, 0.05) is 10.9 Å². The summed E-state index contributed by atoms with van der Waals surface area (Å²) in [5, 5.41) is 3.47. The summed E-state index contributed by atoms with van der Waals surface area (Å²) in [6, 6.07) is 20.3. The predicted molar refractivity (Wildman–Crippen MR) is 107 cm³/mol. The molecule has 4 aromatic rings. The van der Waals surface area contributed by atoms with E-state index >= 15 is 0 Å². The second kappa shape index (κ2) is 7.12. The number of para-hydroxylation sites is 1. The summed E-state index contributed by atoms with van der Waals surface area (Å²) in [5.74, 6) is -1.42. The Hall–Kier alpha value is -3.73. The van der Waals surface area contributed by atoms with Crippen molar-refractivity contribution in [1.29, 1.82) is 0 Å². The van der Waals surface area contributed by atoms with Gasteiger partial charge in [-0.1, -0.05) is 60.2 Å². The van der Waals surface area contributed by atoms with Gasteiger partial charge in [0.05, 0.1) is 11.1 Å². The van der Waals surface area contributed by atoms with E-state index in [4.69, 9.17) is 4.42 Å². The van der Waals surface area contributed by atoms with Crippen LogP contribution in [0.5, 0.6) is 0 Å². The first kappa shape index (κ1) is 17.7. The molecule has 5 heteroatoms. The van der Waals surface area contributed by atoms with E-state index in [0.29, 0.717) is 16.3 Å². The van der Waals surface area contributed by atoms with Crippen LogP contribution in [0.15, 0.2) is 82.0 Å². The largest absolute Gasteiger partial charge is 0.416 e. The van der Waals surface area contributed by atoms with Crippen molar-refractivity contribution in [3.8, 4) is 11.1 Å². The average molecular weight is 373 g/mol. The van der Waals surface area contributed by atoms with E-state index in [1.807, 2.05) is 31.2 Å². The minimum Gasteiger partial charge on any atom is -0.416 e. The van der Waals surface area contributed by atoms with Crippen LogP contribution in [0.3, 0.4) is 0 Å². The van der Waals surface area contributed by atoms with Crippen molar-refractivity contribution in [2.45, 2.75) is 6.92 Å².